The van der Waals surface area contributed by atoms with E-state index in [0.717, 1.165) is 11.8 Å². The highest BCUT2D eigenvalue weighted by Crippen LogP contribution is 2.05. The molecule has 0 spiro atoms. The Morgan fingerprint density at radius 3 is 3.25 bits per heavy atom. The molecule has 5 nitrogen and oxygen atoms in total. The van der Waals surface area contributed by atoms with Gasteiger partial charge >= 0.3 is 5.97 Å². The van der Waals surface area contributed by atoms with E-state index in [4.69, 9.17) is 5.11 Å². The number of carboxylic acids is 1. The van der Waals surface area contributed by atoms with E-state index in [1.54, 1.807) is 0 Å². The minimum absolute atomic E-state index is 0.0838. The third-order valence-electron chi connectivity index (χ3n) is 1.03. The molecule has 0 atom stereocenters. The average Bonchev–Trinajstić information content (AvgIpc) is 2.15. The van der Waals surface area contributed by atoms with Gasteiger partial charge in [0.05, 0.1) is 12.4 Å². The van der Waals surface area contributed by atoms with E-state index in [2.05, 4.69) is 15.0 Å². The molecule has 0 fully saturated rings. The summed E-state index contributed by atoms with van der Waals surface area (Å²) < 4.78 is 0. The second kappa shape index (κ2) is 4.66. The molecule has 64 valence electrons. The molecule has 6 heteroatoms. The van der Waals surface area contributed by atoms with Crippen molar-refractivity contribution in [3.05, 3.63) is 0 Å². The van der Waals surface area contributed by atoms with Crippen LogP contribution in [-0.4, -0.2) is 41.1 Å². The van der Waals surface area contributed by atoms with Crippen LogP contribution in [-0.2, 0) is 4.79 Å². The summed E-state index contributed by atoms with van der Waals surface area (Å²) in [6, 6.07) is 0. The lowest BCUT2D eigenvalue weighted by Crippen LogP contribution is -2.09. The number of hydrogen-bond acceptors (Lipinski definition) is 5. The van der Waals surface area contributed by atoms with E-state index in [-0.39, 0.29) is 5.04 Å². The first-order chi connectivity index (χ1) is 5.80. The van der Waals surface area contributed by atoms with Crippen LogP contribution in [0.5, 0.6) is 0 Å². The maximum absolute atomic E-state index is 10.5. The Balaban J connectivity index is 2.67. The fourth-order valence-electron chi connectivity index (χ4n) is 0.572. The number of thioether (sulfide) groups is 1. The van der Waals surface area contributed by atoms with Crippen LogP contribution in [0.25, 0.3) is 0 Å². The Hall–Kier alpha value is -1.17. The summed E-state index contributed by atoms with van der Waals surface area (Å²) in [7, 11) is 0. The van der Waals surface area contributed by atoms with Crippen molar-refractivity contribution in [3.8, 4) is 0 Å². The minimum atomic E-state index is -1.01. The normalized spacial score (nSPS) is 20.2. The van der Waals surface area contributed by atoms with Crippen molar-refractivity contribution in [2.24, 2.45) is 15.0 Å². The SMILES string of the molecule is O=C(O)C1=NCC=N/C=N\CS1. The molecule has 0 aromatic rings. The van der Waals surface area contributed by atoms with Crippen LogP contribution in [0.15, 0.2) is 15.0 Å². The number of aliphatic carboxylic acids is 1. The molecule has 0 aliphatic carbocycles. The van der Waals surface area contributed by atoms with Crippen LogP contribution < -0.4 is 0 Å². The summed E-state index contributed by atoms with van der Waals surface area (Å²) in [5.41, 5.74) is 0. The molecule has 1 aliphatic rings. The number of rotatable bonds is 1. The molecule has 1 rings (SSSR count). The van der Waals surface area contributed by atoms with Gasteiger partial charge in [0.2, 0.25) is 0 Å². The number of hydrogen-bond donors (Lipinski definition) is 1. The smallest absolute Gasteiger partial charge is 0.360 e. The highest BCUT2D eigenvalue weighted by molar-refractivity contribution is 8.15. The van der Waals surface area contributed by atoms with Gasteiger partial charge in [0.15, 0.2) is 5.04 Å². The fraction of sp³-hybridized carbons (Fsp3) is 0.333. The lowest BCUT2D eigenvalue weighted by atomic mass is 10.7. The van der Waals surface area contributed by atoms with E-state index in [1.165, 1.54) is 12.6 Å². The Morgan fingerprint density at radius 1 is 1.67 bits per heavy atom. The van der Waals surface area contributed by atoms with Crippen LogP contribution >= 0.6 is 11.8 Å². The van der Waals surface area contributed by atoms with Gasteiger partial charge in [-0.25, -0.2) is 9.79 Å². The van der Waals surface area contributed by atoms with Gasteiger partial charge in [-0.2, -0.15) is 0 Å². The maximum atomic E-state index is 10.5. The van der Waals surface area contributed by atoms with E-state index in [9.17, 15) is 4.79 Å². The van der Waals surface area contributed by atoms with Gasteiger partial charge < -0.3 is 5.11 Å². The van der Waals surface area contributed by atoms with Crippen LogP contribution in [0.2, 0.25) is 0 Å². The summed E-state index contributed by atoms with van der Waals surface area (Å²) in [5, 5.41) is 8.68. The third kappa shape index (κ3) is 2.83. The van der Waals surface area contributed by atoms with Crippen LogP contribution in [0.3, 0.4) is 0 Å². The average molecular weight is 185 g/mol. The first-order valence-electron chi connectivity index (χ1n) is 3.21. The molecule has 1 heterocycles. The molecule has 0 saturated heterocycles. The molecule has 1 aliphatic heterocycles. The van der Waals surface area contributed by atoms with Gasteiger partial charge in [0.1, 0.15) is 6.34 Å². The van der Waals surface area contributed by atoms with E-state index < -0.39 is 5.97 Å². The zero-order valence-corrected chi connectivity index (χ0v) is 6.99. The first-order valence-corrected chi connectivity index (χ1v) is 4.20. The largest absolute Gasteiger partial charge is 0.476 e. The lowest BCUT2D eigenvalue weighted by Gasteiger charge is -1.95. The first kappa shape index (κ1) is 8.92. The van der Waals surface area contributed by atoms with Gasteiger partial charge in [0.25, 0.3) is 0 Å². The molecule has 0 saturated carbocycles. The van der Waals surface area contributed by atoms with Crippen molar-refractivity contribution in [2.75, 3.05) is 12.4 Å². The molecule has 0 aromatic heterocycles. The standard InChI is InChI=1S/C6H7N3O2S/c10-6(11)5-9-2-1-7-3-8-4-12-5/h1,3H,2,4H2,(H,10,11)/b7-1?,8-3-,9-5?. The van der Waals surface area contributed by atoms with Gasteiger partial charge in [-0.05, 0) is 0 Å². The highest BCUT2D eigenvalue weighted by Gasteiger charge is 2.08. The number of nitrogens with zero attached hydrogens (tertiary/aromatic N) is 3. The van der Waals surface area contributed by atoms with Crippen molar-refractivity contribution < 1.29 is 9.90 Å². The summed E-state index contributed by atoms with van der Waals surface area (Å²) in [4.78, 5) is 21.9. The molecule has 0 aromatic carbocycles. The van der Waals surface area contributed by atoms with Crippen LogP contribution in [0.4, 0.5) is 0 Å². The molecule has 1 N–H and O–H groups in total. The number of carboxylic acid groups (broad SMARTS) is 1. The zero-order valence-electron chi connectivity index (χ0n) is 6.17. The number of carbonyl (C=O) groups is 1. The second-order valence-electron chi connectivity index (χ2n) is 1.85. The summed E-state index contributed by atoms with van der Waals surface area (Å²) >= 11 is 1.09. The quantitative estimate of drug-likeness (QED) is 0.637. The van der Waals surface area contributed by atoms with Crippen molar-refractivity contribution in [1.29, 1.82) is 0 Å². The van der Waals surface area contributed by atoms with E-state index in [1.807, 2.05) is 0 Å². The van der Waals surface area contributed by atoms with Gasteiger partial charge in [-0.1, -0.05) is 11.8 Å². The van der Waals surface area contributed by atoms with Crippen LogP contribution in [0.1, 0.15) is 0 Å². The van der Waals surface area contributed by atoms with E-state index >= 15 is 0 Å². The summed E-state index contributed by atoms with van der Waals surface area (Å²) in [5.74, 6) is -0.659. The molecule has 0 amide bonds. The predicted molar refractivity (Wildman–Crippen MR) is 49.4 cm³/mol. The Labute approximate surface area is 73.3 Å². The molecule has 0 radical (unpaired) electrons. The monoisotopic (exact) mass is 185 g/mol. The van der Waals surface area contributed by atoms with Crippen molar-refractivity contribution >= 4 is 35.3 Å². The van der Waals surface area contributed by atoms with Crippen molar-refractivity contribution in [2.45, 2.75) is 0 Å². The molecule has 12 heavy (non-hydrogen) atoms. The zero-order chi connectivity index (χ0) is 8.81. The lowest BCUT2D eigenvalue weighted by molar-refractivity contribution is -0.129. The third-order valence-corrected chi connectivity index (χ3v) is 1.88. The minimum Gasteiger partial charge on any atom is -0.476 e. The number of aliphatic imine (C=N–C) groups is 3. The van der Waals surface area contributed by atoms with Gasteiger partial charge in [-0.15, -0.1) is 0 Å². The molecule has 0 bridgehead atoms. The Bertz CT molecular complexity index is 260. The fourth-order valence-corrected chi connectivity index (χ4v) is 1.12. The van der Waals surface area contributed by atoms with Gasteiger partial charge in [-0.3, -0.25) is 9.98 Å². The van der Waals surface area contributed by atoms with Crippen LogP contribution in [0, 0.1) is 0 Å². The summed E-state index contributed by atoms with van der Waals surface area (Å²) in [6.45, 7) is 0.292. The summed E-state index contributed by atoms with van der Waals surface area (Å²) in [6.07, 6.45) is 2.91. The molecular formula is C6H7N3O2S. The maximum Gasteiger partial charge on any atom is 0.360 e. The van der Waals surface area contributed by atoms with Crippen molar-refractivity contribution in [3.63, 3.8) is 0 Å². The van der Waals surface area contributed by atoms with Gasteiger partial charge in [0, 0.05) is 6.21 Å². The van der Waals surface area contributed by atoms with E-state index in [0.29, 0.717) is 12.4 Å². The van der Waals surface area contributed by atoms with Crippen molar-refractivity contribution in [1.82, 2.24) is 0 Å². The second-order valence-corrected chi connectivity index (χ2v) is 2.79. The molecule has 0 unspecified atom stereocenters. The predicted octanol–water partition coefficient (Wildman–Crippen LogP) is 0.273. The highest BCUT2D eigenvalue weighted by atomic mass is 32.2. The Kier molecular flexibility index (Phi) is 3.46. The Morgan fingerprint density at radius 2 is 2.50 bits per heavy atom. The molecular weight excluding hydrogens is 178 g/mol. The topological polar surface area (TPSA) is 74.4 Å².